The van der Waals surface area contributed by atoms with Gasteiger partial charge < -0.3 is 9.13 Å². The Morgan fingerprint density at radius 1 is 0.297 bits per heavy atom. The molecule has 0 amide bonds. The van der Waals surface area contributed by atoms with E-state index in [9.17, 15) is 10.5 Å². The van der Waals surface area contributed by atoms with E-state index in [2.05, 4.69) is 264 Å². The van der Waals surface area contributed by atoms with Gasteiger partial charge in [0.15, 0.2) is 0 Å². The molecule has 74 heavy (non-hydrogen) atoms. The maximum atomic E-state index is 11.8. The Balaban J connectivity index is 1.08. The molecular formula is C70H42N4. The van der Waals surface area contributed by atoms with E-state index in [1.165, 1.54) is 22.3 Å². The van der Waals surface area contributed by atoms with Gasteiger partial charge in [-0.15, -0.1) is 0 Å². The first-order valence-electron chi connectivity index (χ1n) is 25.2. The fraction of sp³-hybridized carbons (Fsp3) is 0.0286. The lowest BCUT2D eigenvalue weighted by Gasteiger charge is -2.35. The molecule has 4 nitrogen and oxygen atoms in total. The zero-order valence-electron chi connectivity index (χ0n) is 40.0. The Bertz CT molecular complexity index is 4180. The van der Waals surface area contributed by atoms with Crippen molar-refractivity contribution in [2.24, 2.45) is 0 Å². The molecule has 0 spiro atoms. The number of hydrogen-bond acceptors (Lipinski definition) is 2. The summed E-state index contributed by atoms with van der Waals surface area (Å²) in [5.41, 5.74) is 18.6. The molecule has 0 radical (unpaired) electrons. The van der Waals surface area contributed by atoms with Gasteiger partial charge in [0.05, 0.1) is 55.4 Å². The molecule has 2 aliphatic carbocycles. The largest absolute Gasteiger partial charge is 0.308 e. The predicted octanol–water partition coefficient (Wildman–Crippen LogP) is 16.4. The second-order valence-corrected chi connectivity index (χ2v) is 19.6. The van der Waals surface area contributed by atoms with E-state index in [-0.39, 0.29) is 0 Å². The molecule has 0 bridgehead atoms. The summed E-state index contributed by atoms with van der Waals surface area (Å²) in [6.07, 6.45) is 0. The van der Waals surface area contributed by atoms with Crippen LogP contribution in [0.2, 0.25) is 0 Å². The highest BCUT2D eigenvalue weighted by atomic mass is 15.0. The van der Waals surface area contributed by atoms with Crippen molar-refractivity contribution in [1.29, 1.82) is 10.5 Å². The van der Waals surface area contributed by atoms with Gasteiger partial charge >= 0.3 is 0 Å². The van der Waals surface area contributed by atoms with Crippen LogP contribution in [-0.2, 0) is 10.8 Å². The molecule has 11 aromatic carbocycles. The van der Waals surface area contributed by atoms with E-state index in [0.29, 0.717) is 22.5 Å². The summed E-state index contributed by atoms with van der Waals surface area (Å²) in [6.45, 7) is 0. The van der Waals surface area contributed by atoms with Gasteiger partial charge in [-0.25, -0.2) is 0 Å². The maximum Gasteiger partial charge on any atom is 0.101 e. The Hall–Kier alpha value is -10.0. The first-order chi connectivity index (χ1) is 36.7. The van der Waals surface area contributed by atoms with Crippen LogP contribution >= 0.6 is 0 Å². The van der Waals surface area contributed by atoms with Crippen molar-refractivity contribution in [2.75, 3.05) is 0 Å². The quantitative estimate of drug-likeness (QED) is 0.167. The van der Waals surface area contributed by atoms with Crippen LogP contribution in [-0.4, -0.2) is 9.13 Å². The zero-order valence-corrected chi connectivity index (χ0v) is 40.0. The molecule has 342 valence electrons. The number of rotatable bonds is 6. The van der Waals surface area contributed by atoms with Gasteiger partial charge in [-0.1, -0.05) is 231 Å². The smallest absolute Gasteiger partial charge is 0.101 e. The average Bonchev–Trinajstić information content (AvgIpc) is 4.22. The van der Waals surface area contributed by atoms with Crippen molar-refractivity contribution < 1.29 is 0 Å². The van der Waals surface area contributed by atoms with Crippen molar-refractivity contribution >= 4 is 43.6 Å². The lowest BCUT2D eigenvalue weighted by atomic mass is 9.67. The Morgan fingerprint density at radius 3 is 0.986 bits per heavy atom. The number of para-hydroxylation sites is 2. The van der Waals surface area contributed by atoms with Crippen molar-refractivity contribution in [3.8, 4) is 45.8 Å². The highest BCUT2D eigenvalue weighted by Crippen LogP contribution is 2.61. The molecule has 0 atom stereocenters. The van der Waals surface area contributed by atoms with Gasteiger partial charge in [0.2, 0.25) is 0 Å². The van der Waals surface area contributed by atoms with E-state index in [1.807, 2.05) is 12.1 Å². The molecule has 15 rings (SSSR count). The number of aromatic nitrogens is 2. The van der Waals surface area contributed by atoms with Crippen molar-refractivity contribution in [3.05, 3.63) is 310 Å². The van der Waals surface area contributed by atoms with E-state index in [0.717, 1.165) is 88.1 Å². The average molecular weight is 939 g/mol. The second kappa shape index (κ2) is 15.7. The molecule has 0 aliphatic heterocycles. The summed E-state index contributed by atoms with van der Waals surface area (Å²) >= 11 is 0. The summed E-state index contributed by atoms with van der Waals surface area (Å²) in [5.74, 6) is 0. The van der Waals surface area contributed by atoms with Gasteiger partial charge in [0.25, 0.3) is 0 Å². The third-order valence-electron chi connectivity index (χ3n) is 16.3. The third kappa shape index (κ3) is 5.33. The SMILES string of the molecule is N#Cc1cc(-n2c3ccccc3c3ccc4c(c32)C(c2ccccc2)(c2ccccc2)c2ccccc2-4)c(C#N)cc1-n1c2ccccc2c2ccc3c(c21)C(c1ccccc1)(c1ccccc1)c1ccccc1-3. The van der Waals surface area contributed by atoms with Gasteiger partial charge in [0.1, 0.15) is 12.1 Å². The molecule has 0 saturated carbocycles. The van der Waals surface area contributed by atoms with E-state index in [1.54, 1.807) is 0 Å². The van der Waals surface area contributed by atoms with Crippen LogP contribution in [0.15, 0.2) is 255 Å². The summed E-state index contributed by atoms with van der Waals surface area (Å²) in [6, 6.07) is 96.5. The molecular weight excluding hydrogens is 897 g/mol. The molecule has 0 fully saturated rings. The maximum absolute atomic E-state index is 11.8. The first kappa shape index (κ1) is 41.8. The Morgan fingerprint density at radius 2 is 0.622 bits per heavy atom. The number of fused-ring (bicyclic) bond motifs is 14. The fourth-order valence-electron chi connectivity index (χ4n) is 13.6. The topological polar surface area (TPSA) is 57.4 Å². The van der Waals surface area contributed by atoms with Gasteiger partial charge in [-0.05, 0) is 79.9 Å². The van der Waals surface area contributed by atoms with Gasteiger partial charge in [-0.2, -0.15) is 10.5 Å². The predicted molar refractivity (Wildman–Crippen MR) is 299 cm³/mol. The highest BCUT2D eigenvalue weighted by Gasteiger charge is 2.50. The minimum atomic E-state index is -0.726. The van der Waals surface area contributed by atoms with Crippen molar-refractivity contribution in [1.82, 2.24) is 9.13 Å². The van der Waals surface area contributed by atoms with Crippen LogP contribution in [0.4, 0.5) is 0 Å². The summed E-state index contributed by atoms with van der Waals surface area (Å²) in [7, 11) is 0. The van der Waals surface area contributed by atoms with Crippen molar-refractivity contribution in [3.63, 3.8) is 0 Å². The molecule has 0 N–H and O–H groups in total. The van der Waals surface area contributed by atoms with Gasteiger partial charge in [-0.3, -0.25) is 0 Å². The van der Waals surface area contributed by atoms with Crippen LogP contribution in [0.1, 0.15) is 55.6 Å². The van der Waals surface area contributed by atoms with E-state index >= 15 is 0 Å². The normalized spacial score (nSPS) is 13.6. The minimum absolute atomic E-state index is 0.457. The summed E-state index contributed by atoms with van der Waals surface area (Å²) in [4.78, 5) is 0. The van der Waals surface area contributed by atoms with Crippen molar-refractivity contribution in [2.45, 2.75) is 10.8 Å². The summed E-state index contributed by atoms with van der Waals surface area (Å²) < 4.78 is 4.57. The number of hydrogen-bond donors (Lipinski definition) is 0. The molecule has 4 heteroatoms. The van der Waals surface area contributed by atoms with Gasteiger partial charge in [0, 0.05) is 32.7 Å². The summed E-state index contributed by atoms with van der Waals surface area (Å²) in [5, 5.41) is 27.8. The number of nitrogens with zero attached hydrogens (tertiary/aromatic N) is 4. The third-order valence-corrected chi connectivity index (χ3v) is 16.3. The van der Waals surface area contributed by atoms with Crippen LogP contribution in [0.5, 0.6) is 0 Å². The molecule has 0 unspecified atom stereocenters. The zero-order chi connectivity index (χ0) is 49.1. The van der Waals surface area contributed by atoms with Crippen LogP contribution < -0.4 is 0 Å². The Kier molecular flexibility index (Phi) is 8.89. The second-order valence-electron chi connectivity index (χ2n) is 19.6. The van der Waals surface area contributed by atoms with Crippen LogP contribution in [0, 0.1) is 22.7 Å². The highest BCUT2D eigenvalue weighted by molar-refractivity contribution is 6.16. The minimum Gasteiger partial charge on any atom is -0.308 e. The van der Waals surface area contributed by atoms with E-state index < -0.39 is 10.8 Å². The molecule has 2 aromatic heterocycles. The molecule has 0 saturated heterocycles. The molecule has 2 aliphatic rings. The van der Waals surface area contributed by atoms with Crippen LogP contribution in [0.3, 0.4) is 0 Å². The monoisotopic (exact) mass is 938 g/mol. The first-order valence-corrected chi connectivity index (χ1v) is 25.2. The number of nitriles is 2. The van der Waals surface area contributed by atoms with E-state index in [4.69, 9.17) is 0 Å². The standard InChI is InChI=1S/C70H42N4/c71-43-45-42-64(74-62-36-20-16-32-54(62)58-40-38-56-52-30-14-18-34-60(52)70(66(56)68(58)74,49-25-9-3-10-26-49)50-27-11-4-12-28-50)46(44-72)41-63(45)73-61-35-19-15-31-53(61)57-39-37-55-51-29-13-17-33-59(51)69(65(55)67(57)73,47-21-5-1-6-22-47)48-23-7-2-8-24-48/h1-42H. The molecule has 2 heterocycles. The fourth-order valence-corrected chi connectivity index (χ4v) is 13.6. The van der Waals surface area contributed by atoms with Crippen LogP contribution in [0.25, 0.3) is 77.2 Å². The Labute approximate surface area is 428 Å². The lowest BCUT2D eigenvalue weighted by molar-refractivity contribution is 0.771. The lowest BCUT2D eigenvalue weighted by Crippen LogP contribution is -2.29. The molecule has 13 aromatic rings. The number of benzene rings is 11.